The van der Waals surface area contributed by atoms with Crippen molar-refractivity contribution in [2.45, 2.75) is 13.2 Å². The number of alkyl carbamates (subject to hydrolysis) is 1. The lowest BCUT2D eigenvalue weighted by atomic mass is 10.1. The fourth-order valence-electron chi connectivity index (χ4n) is 1.72. The highest BCUT2D eigenvalue weighted by Crippen LogP contribution is 2.05. The van der Waals surface area contributed by atoms with Crippen LogP contribution >= 0.6 is 0 Å². The molecule has 2 aromatic rings. The number of ether oxygens (including phenoxy) is 1. The monoisotopic (exact) mass is 267 g/mol. The lowest BCUT2D eigenvalue weighted by molar-refractivity contribution is 0.139. The zero-order chi connectivity index (χ0) is 14.2. The van der Waals surface area contributed by atoms with E-state index in [-0.39, 0.29) is 6.61 Å². The van der Waals surface area contributed by atoms with Gasteiger partial charge in [-0.25, -0.2) is 4.79 Å². The van der Waals surface area contributed by atoms with Gasteiger partial charge in [-0.05, 0) is 16.7 Å². The van der Waals surface area contributed by atoms with Crippen LogP contribution < -0.4 is 5.32 Å². The standard InChI is InChI=1S/C17H17NO2/c1-2-14-8-10-15(11-9-14)12-18-17(19)20-13-16-6-4-3-5-7-16/h2-11H,1,12-13H2,(H,18,19). The average molecular weight is 267 g/mol. The molecule has 20 heavy (non-hydrogen) atoms. The molecule has 0 aliphatic heterocycles. The maximum atomic E-state index is 11.6. The zero-order valence-corrected chi connectivity index (χ0v) is 11.2. The number of hydrogen-bond donors (Lipinski definition) is 1. The summed E-state index contributed by atoms with van der Waals surface area (Å²) in [7, 11) is 0. The first kappa shape index (κ1) is 13.9. The quantitative estimate of drug-likeness (QED) is 0.895. The van der Waals surface area contributed by atoms with E-state index in [4.69, 9.17) is 4.74 Å². The predicted molar refractivity (Wildman–Crippen MR) is 80.0 cm³/mol. The SMILES string of the molecule is C=Cc1ccc(CNC(=O)OCc2ccccc2)cc1. The number of hydrogen-bond acceptors (Lipinski definition) is 2. The summed E-state index contributed by atoms with van der Waals surface area (Å²) in [5, 5.41) is 2.72. The van der Waals surface area contributed by atoms with Crippen LogP contribution in [0, 0.1) is 0 Å². The van der Waals surface area contributed by atoms with Gasteiger partial charge in [-0.2, -0.15) is 0 Å². The van der Waals surface area contributed by atoms with Crippen molar-refractivity contribution in [2.75, 3.05) is 0 Å². The molecular formula is C17H17NO2. The number of amides is 1. The first-order chi connectivity index (χ1) is 9.78. The molecule has 0 saturated heterocycles. The van der Waals surface area contributed by atoms with E-state index in [1.54, 1.807) is 6.08 Å². The molecule has 2 aromatic carbocycles. The van der Waals surface area contributed by atoms with Crippen LogP contribution in [0.3, 0.4) is 0 Å². The van der Waals surface area contributed by atoms with Gasteiger partial charge in [-0.1, -0.05) is 67.3 Å². The smallest absolute Gasteiger partial charge is 0.407 e. The summed E-state index contributed by atoms with van der Waals surface area (Å²) < 4.78 is 5.13. The topological polar surface area (TPSA) is 38.3 Å². The van der Waals surface area contributed by atoms with E-state index >= 15 is 0 Å². The lowest BCUT2D eigenvalue weighted by Crippen LogP contribution is -2.23. The summed E-state index contributed by atoms with van der Waals surface area (Å²) in [6, 6.07) is 17.4. The van der Waals surface area contributed by atoms with Gasteiger partial charge in [0.15, 0.2) is 0 Å². The lowest BCUT2D eigenvalue weighted by Gasteiger charge is -2.07. The fraction of sp³-hybridized carbons (Fsp3) is 0.118. The highest BCUT2D eigenvalue weighted by molar-refractivity contribution is 5.67. The summed E-state index contributed by atoms with van der Waals surface area (Å²) in [4.78, 5) is 11.6. The fourth-order valence-corrected chi connectivity index (χ4v) is 1.72. The van der Waals surface area contributed by atoms with Gasteiger partial charge in [0.25, 0.3) is 0 Å². The summed E-state index contributed by atoms with van der Waals surface area (Å²) in [5.74, 6) is 0. The molecule has 0 unspecified atom stereocenters. The summed E-state index contributed by atoms with van der Waals surface area (Å²) in [6.45, 7) is 4.43. The number of carbonyl (C=O) groups excluding carboxylic acids is 1. The van der Waals surface area contributed by atoms with Crippen molar-refractivity contribution in [3.63, 3.8) is 0 Å². The van der Waals surface area contributed by atoms with Gasteiger partial charge >= 0.3 is 6.09 Å². The third kappa shape index (κ3) is 4.28. The van der Waals surface area contributed by atoms with E-state index in [2.05, 4.69) is 11.9 Å². The van der Waals surface area contributed by atoms with Crippen LogP contribution in [0.4, 0.5) is 4.79 Å². The molecule has 0 aliphatic carbocycles. The van der Waals surface area contributed by atoms with Gasteiger partial charge in [0.05, 0.1) is 0 Å². The number of benzene rings is 2. The Morgan fingerprint density at radius 1 is 1.05 bits per heavy atom. The van der Waals surface area contributed by atoms with Crippen molar-refractivity contribution < 1.29 is 9.53 Å². The molecule has 3 nitrogen and oxygen atoms in total. The molecule has 1 N–H and O–H groups in total. The third-order valence-electron chi connectivity index (χ3n) is 2.87. The second-order valence-electron chi connectivity index (χ2n) is 4.36. The average Bonchev–Trinajstić information content (AvgIpc) is 2.52. The van der Waals surface area contributed by atoms with Crippen molar-refractivity contribution in [2.24, 2.45) is 0 Å². The van der Waals surface area contributed by atoms with Crippen LogP contribution in [0.2, 0.25) is 0 Å². The van der Waals surface area contributed by atoms with Crippen LogP contribution in [0.1, 0.15) is 16.7 Å². The normalized spacial score (nSPS) is 9.80. The molecule has 0 radical (unpaired) electrons. The van der Waals surface area contributed by atoms with Crippen LogP contribution in [0.25, 0.3) is 6.08 Å². The first-order valence-corrected chi connectivity index (χ1v) is 6.44. The van der Waals surface area contributed by atoms with Gasteiger partial charge in [0, 0.05) is 6.54 Å². The Morgan fingerprint density at radius 3 is 2.40 bits per heavy atom. The van der Waals surface area contributed by atoms with Gasteiger partial charge in [0.1, 0.15) is 6.61 Å². The summed E-state index contributed by atoms with van der Waals surface area (Å²) in [6.07, 6.45) is 1.37. The summed E-state index contributed by atoms with van der Waals surface area (Å²) in [5.41, 5.74) is 3.05. The Balaban J connectivity index is 1.75. The molecule has 0 aliphatic rings. The van der Waals surface area contributed by atoms with Crippen molar-refractivity contribution in [1.29, 1.82) is 0 Å². The van der Waals surface area contributed by atoms with E-state index in [0.717, 1.165) is 16.7 Å². The van der Waals surface area contributed by atoms with Crippen molar-refractivity contribution in [1.82, 2.24) is 5.32 Å². The minimum absolute atomic E-state index is 0.280. The number of rotatable bonds is 5. The molecule has 102 valence electrons. The van der Waals surface area contributed by atoms with E-state index < -0.39 is 6.09 Å². The first-order valence-electron chi connectivity index (χ1n) is 6.44. The highest BCUT2D eigenvalue weighted by atomic mass is 16.5. The van der Waals surface area contributed by atoms with Crippen LogP contribution in [-0.4, -0.2) is 6.09 Å². The number of carbonyl (C=O) groups is 1. The van der Waals surface area contributed by atoms with Gasteiger partial charge in [-0.15, -0.1) is 0 Å². The Bertz CT molecular complexity index is 561. The Hall–Kier alpha value is -2.55. The zero-order valence-electron chi connectivity index (χ0n) is 11.2. The molecule has 0 saturated carbocycles. The van der Waals surface area contributed by atoms with E-state index in [1.807, 2.05) is 54.6 Å². The second-order valence-corrected chi connectivity index (χ2v) is 4.36. The largest absolute Gasteiger partial charge is 0.445 e. The minimum Gasteiger partial charge on any atom is -0.445 e. The number of nitrogens with one attached hydrogen (secondary N) is 1. The van der Waals surface area contributed by atoms with Crippen molar-refractivity contribution in [3.8, 4) is 0 Å². The van der Waals surface area contributed by atoms with Crippen LogP contribution in [0.15, 0.2) is 61.2 Å². The Morgan fingerprint density at radius 2 is 1.75 bits per heavy atom. The van der Waals surface area contributed by atoms with E-state index in [9.17, 15) is 4.79 Å². The molecule has 0 aromatic heterocycles. The second kappa shape index (κ2) is 7.14. The van der Waals surface area contributed by atoms with Gasteiger partial charge < -0.3 is 10.1 Å². The Kier molecular flexibility index (Phi) is 4.95. The molecule has 0 heterocycles. The molecule has 0 spiro atoms. The maximum Gasteiger partial charge on any atom is 0.407 e. The molecular weight excluding hydrogens is 250 g/mol. The van der Waals surface area contributed by atoms with Crippen LogP contribution in [0.5, 0.6) is 0 Å². The molecule has 0 bridgehead atoms. The molecule has 2 rings (SSSR count). The molecule has 0 atom stereocenters. The summed E-state index contributed by atoms with van der Waals surface area (Å²) >= 11 is 0. The van der Waals surface area contributed by atoms with Crippen molar-refractivity contribution in [3.05, 3.63) is 77.9 Å². The van der Waals surface area contributed by atoms with E-state index in [0.29, 0.717) is 6.54 Å². The molecule has 0 fully saturated rings. The van der Waals surface area contributed by atoms with Crippen LogP contribution in [-0.2, 0) is 17.9 Å². The molecule has 3 heteroatoms. The molecule has 1 amide bonds. The Labute approximate surface area is 118 Å². The van der Waals surface area contributed by atoms with Gasteiger partial charge in [-0.3, -0.25) is 0 Å². The van der Waals surface area contributed by atoms with Gasteiger partial charge in [0.2, 0.25) is 0 Å². The third-order valence-corrected chi connectivity index (χ3v) is 2.87. The van der Waals surface area contributed by atoms with Crippen molar-refractivity contribution >= 4 is 12.2 Å². The minimum atomic E-state index is -0.415. The maximum absolute atomic E-state index is 11.6. The van der Waals surface area contributed by atoms with E-state index in [1.165, 1.54) is 0 Å². The highest BCUT2D eigenvalue weighted by Gasteiger charge is 2.02. The predicted octanol–water partition coefficient (Wildman–Crippen LogP) is 3.76.